The molecule has 0 aliphatic carbocycles. The summed E-state index contributed by atoms with van der Waals surface area (Å²) in [6, 6.07) is 14.6. The molecule has 5 heteroatoms. The second kappa shape index (κ2) is 5.94. The van der Waals surface area contributed by atoms with Crippen LogP contribution in [-0.4, -0.2) is 19.9 Å². The van der Waals surface area contributed by atoms with E-state index in [1.807, 2.05) is 19.2 Å². The number of aromatic nitrogens is 1. The van der Waals surface area contributed by atoms with Crippen molar-refractivity contribution in [1.82, 2.24) is 9.71 Å². The van der Waals surface area contributed by atoms with Crippen molar-refractivity contribution >= 4 is 20.9 Å². The molecule has 3 aromatic rings. The normalized spacial score (nSPS) is 11.9. The second-order valence-electron chi connectivity index (χ2n) is 5.32. The molecule has 1 aromatic heterocycles. The summed E-state index contributed by atoms with van der Waals surface area (Å²) in [7, 11) is -3.44. The Morgan fingerprint density at radius 1 is 1.09 bits per heavy atom. The average Bonchev–Trinajstić information content (AvgIpc) is 2.90. The summed E-state index contributed by atoms with van der Waals surface area (Å²) in [6.45, 7) is 2.42. The molecule has 0 fully saturated rings. The van der Waals surface area contributed by atoms with Crippen LogP contribution in [0.4, 0.5) is 0 Å². The highest BCUT2D eigenvalue weighted by molar-refractivity contribution is 7.89. The summed E-state index contributed by atoms with van der Waals surface area (Å²) in [5, 5.41) is 1.15. The molecule has 0 amide bonds. The van der Waals surface area contributed by atoms with E-state index >= 15 is 0 Å². The number of nitrogens with one attached hydrogen (secondary N) is 2. The molecule has 2 aromatic carbocycles. The van der Waals surface area contributed by atoms with Gasteiger partial charge >= 0.3 is 0 Å². The van der Waals surface area contributed by atoms with Crippen molar-refractivity contribution in [2.24, 2.45) is 0 Å². The van der Waals surface area contributed by atoms with E-state index < -0.39 is 10.0 Å². The van der Waals surface area contributed by atoms with Gasteiger partial charge in [-0.3, -0.25) is 0 Å². The summed E-state index contributed by atoms with van der Waals surface area (Å²) in [5.74, 6) is 0. The highest BCUT2D eigenvalue weighted by atomic mass is 32.2. The van der Waals surface area contributed by atoms with Crippen molar-refractivity contribution in [1.29, 1.82) is 0 Å². The Morgan fingerprint density at radius 2 is 1.86 bits per heavy atom. The molecule has 0 atom stereocenters. The molecule has 0 saturated heterocycles. The topological polar surface area (TPSA) is 62.0 Å². The molecule has 0 saturated carbocycles. The fourth-order valence-electron chi connectivity index (χ4n) is 2.50. The standard InChI is InChI=1S/C17H18N2O2S/c1-13-7-8-17-16(11-13)14(12-18-17)9-10-19-22(20,21)15-5-3-2-4-6-15/h2-8,11-12,18-19H,9-10H2,1H3. The number of sulfonamides is 1. The first kappa shape index (κ1) is 14.8. The molecule has 3 rings (SSSR count). The van der Waals surface area contributed by atoms with Gasteiger partial charge in [0.25, 0.3) is 0 Å². The van der Waals surface area contributed by atoms with Crippen LogP contribution >= 0.6 is 0 Å². The first-order valence-electron chi connectivity index (χ1n) is 7.17. The van der Waals surface area contributed by atoms with Gasteiger partial charge in [0.1, 0.15) is 0 Å². The summed E-state index contributed by atoms with van der Waals surface area (Å²) >= 11 is 0. The van der Waals surface area contributed by atoms with Crippen molar-refractivity contribution in [2.45, 2.75) is 18.2 Å². The first-order valence-corrected chi connectivity index (χ1v) is 8.66. The average molecular weight is 314 g/mol. The number of H-pyrrole nitrogens is 1. The molecule has 4 nitrogen and oxygen atoms in total. The fourth-order valence-corrected chi connectivity index (χ4v) is 3.56. The number of fused-ring (bicyclic) bond motifs is 1. The minimum absolute atomic E-state index is 0.296. The summed E-state index contributed by atoms with van der Waals surface area (Å²) in [6.07, 6.45) is 2.59. The van der Waals surface area contributed by atoms with E-state index in [1.54, 1.807) is 30.3 Å². The number of rotatable bonds is 5. The third-order valence-corrected chi connectivity index (χ3v) is 5.14. The van der Waals surface area contributed by atoms with E-state index in [1.165, 1.54) is 5.56 Å². The number of aryl methyl sites for hydroxylation is 1. The predicted molar refractivity (Wildman–Crippen MR) is 88.4 cm³/mol. The van der Waals surface area contributed by atoms with E-state index in [4.69, 9.17) is 0 Å². The lowest BCUT2D eigenvalue weighted by molar-refractivity contribution is 0.581. The summed E-state index contributed by atoms with van der Waals surface area (Å²) < 4.78 is 27.0. The zero-order valence-corrected chi connectivity index (χ0v) is 13.2. The molecule has 114 valence electrons. The third kappa shape index (κ3) is 3.05. The Labute approximate surface area is 130 Å². The molecule has 0 aliphatic rings. The van der Waals surface area contributed by atoms with Gasteiger partial charge in [0, 0.05) is 23.6 Å². The molecule has 0 radical (unpaired) electrons. The summed E-state index contributed by atoms with van der Waals surface area (Å²) in [5.41, 5.74) is 3.39. The lowest BCUT2D eigenvalue weighted by atomic mass is 10.1. The van der Waals surface area contributed by atoms with Crippen LogP contribution in [0.5, 0.6) is 0 Å². The largest absolute Gasteiger partial charge is 0.361 e. The summed E-state index contributed by atoms with van der Waals surface area (Å²) in [4.78, 5) is 3.51. The molecule has 0 unspecified atom stereocenters. The zero-order valence-electron chi connectivity index (χ0n) is 12.3. The monoisotopic (exact) mass is 314 g/mol. The van der Waals surface area contributed by atoms with E-state index in [2.05, 4.69) is 21.8 Å². The predicted octanol–water partition coefficient (Wildman–Crippen LogP) is 3.00. The highest BCUT2D eigenvalue weighted by Gasteiger charge is 2.13. The third-order valence-electron chi connectivity index (χ3n) is 3.66. The van der Waals surface area contributed by atoms with Crippen LogP contribution < -0.4 is 4.72 Å². The van der Waals surface area contributed by atoms with Crippen LogP contribution in [0.2, 0.25) is 0 Å². The lowest BCUT2D eigenvalue weighted by Gasteiger charge is -2.06. The van der Waals surface area contributed by atoms with E-state index in [0.717, 1.165) is 16.5 Å². The maximum atomic E-state index is 12.2. The Hall–Kier alpha value is -2.11. The molecule has 2 N–H and O–H groups in total. The van der Waals surface area contributed by atoms with Crippen molar-refractivity contribution in [3.05, 3.63) is 65.9 Å². The number of benzene rings is 2. The van der Waals surface area contributed by atoms with Gasteiger partial charge in [-0.1, -0.05) is 29.8 Å². The van der Waals surface area contributed by atoms with Gasteiger partial charge in [0.05, 0.1) is 4.90 Å². The quantitative estimate of drug-likeness (QED) is 0.760. The lowest BCUT2D eigenvalue weighted by Crippen LogP contribution is -2.25. The van der Waals surface area contributed by atoms with Crippen LogP contribution in [0.15, 0.2) is 59.6 Å². The smallest absolute Gasteiger partial charge is 0.240 e. The van der Waals surface area contributed by atoms with Crippen molar-refractivity contribution in [2.75, 3.05) is 6.54 Å². The fraction of sp³-hybridized carbons (Fsp3) is 0.176. The van der Waals surface area contributed by atoms with Crippen molar-refractivity contribution < 1.29 is 8.42 Å². The number of hydrogen-bond acceptors (Lipinski definition) is 2. The molecule has 0 spiro atoms. The van der Waals surface area contributed by atoms with Crippen molar-refractivity contribution in [3.63, 3.8) is 0 Å². The Bertz CT molecular complexity index is 883. The van der Waals surface area contributed by atoms with Gasteiger partial charge in [-0.25, -0.2) is 13.1 Å². The van der Waals surface area contributed by atoms with Crippen LogP contribution in [0, 0.1) is 6.92 Å². The zero-order chi connectivity index (χ0) is 15.6. The van der Waals surface area contributed by atoms with E-state index in [0.29, 0.717) is 17.9 Å². The molecular formula is C17H18N2O2S. The Morgan fingerprint density at radius 3 is 2.64 bits per heavy atom. The first-order chi connectivity index (χ1) is 10.6. The van der Waals surface area contributed by atoms with Gasteiger partial charge in [-0.15, -0.1) is 0 Å². The molecular weight excluding hydrogens is 296 g/mol. The molecule has 1 heterocycles. The van der Waals surface area contributed by atoms with Gasteiger partial charge in [0.2, 0.25) is 10.0 Å². The van der Waals surface area contributed by atoms with Gasteiger partial charge in [-0.2, -0.15) is 0 Å². The number of hydrogen-bond donors (Lipinski definition) is 2. The highest BCUT2D eigenvalue weighted by Crippen LogP contribution is 2.20. The van der Waals surface area contributed by atoms with Crippen molar-refractivity contribution in [3.8, 4) is 0 Å². The van der Waals surface area contributed by atoms with Crippen LogP contribution in [-0.2, 0) is 16.4 Å². The van der Waals surface area contributed by atoms with Gasteiger partial charge in [-0.05, 0) is 43.2 Å². The minimum Gasteiger partial charge on any atom is -0.361 e. The minimum atomic E-state index is -3.44. The van der Waals surface area contributed by atoms with E-state index in [9.17, 15) is 8.42 Å². The molecule has 0 aliphatic heterocycles. The van der Waals surface area contributed by atoms with Crippen LogP contribution in [0.1, 0.15) is 11.1 Å². The molecule has 0 bridgehead atoms. The van der Waals surface area contributed by atoms with Gasteiger partial charge in [0.15, 0.2) is 0 Å². The SMILES string of the molecule is Cc1ccc2[nH]cc(CCNS(=O)(=O)c3ccccc3)c2c1. The van der Waals surface area contributed by atoms with E-state index in [-0.39, 0.29) is 0 Å². The van der Waals surface area contributed by atoms with Gasteiger partial charge < -0.3 is 4.98 Å². The maximum absolute atomic E-state index is 12.2. The van der Waals surface area contributed by atoms with Crippen LogP contribution in [0.3, 0.4) is 0 Å². The Balaban J connectivity index is 1.71. The second-order valence-corrected chi connectivity index (χ2v) is 7.09. The van der Waals surface area contributed by atoms with Crippen LogP contribution in [0.25, 0.3) is 10.9 Å². The Kier molecular flexibility index (Phi) is 4.00. The number of aromatic amines is 1. The maximum Gasteiger partial charge on any atom is 0.240 e. The molecule has 22 heavy (non-hydrogen) atoms.